The number of benzene rings is 1. The van der Waals surface area contributed by atoms with E-state index < -0.39 is 0 Å². The fourth-order valence-electron chi connectivity index (χ4n) is 1.94. The highest BCUT2D eigenvalue weighted by Gasteiger charge is 2.11. The molecule has 0 aliphatic heterocycles. The van der Waals surface area contributed by atoms with Crippen LogP contribution in [0.25, 0.3) is 5.69 Å². The topological polar surface area (TPSA) is 75.9 Å². The Morgan fingerprint density at radius 2 is 2.05 bits per heavy atom. The van der Waals surface area contributed by atoms with Crippen molar-refractivity contribution in [2.45, 2.75) is 32.4 Å². The second-order valence-corrected chi connectivity index (χ2v) is 4.52. The van der Waals surface area contributed by atoms with Gasteiger partial charge in [-0.2, -0.15) is 0 Å². The summed E-state index contributed by atoms with van der Waals surface area (Å²) in [5.74, 6) is 0. The van der Waals surface area contributed by atoms with E-state index in [-0.39, 0.29) is 18.7 Å². The molecule has 2 unspecified atom stereocenters. The molecule has 2 atom stereocenters. The second-order valence-electron chi connectivity index (χ2n) is 4.52. The van der Waals surface area contributed by atoms with Gasteiger partial charge in [-0.05, 0) is 41.5 Å². The van der Waals surface area contributed by atoms with Crippen LogP contribution in [0.5, 0.6) is 0 Å². The molecule has 0 spiro atoms. The molecular weight excluding hydrogens is 242 g/mol. The Labute approximate surface area is 112 Å². The van der Waals surface area contributed by atoms with Crippen molar-refractivity contribution in [1.29, 1.82) is 0 Å². The summed E-state index contributed by atoms with van der Waals surface area (Å²) in [6, 6.07) is 8.36. The van der Waals surface area contributed by atoms with E-state index >= 15 is 0 Å². The van der Waals surface area contributed by atoms with Crippen LogP contribution in [0, 0.1) is 0 Å². The molecule has 1 aromatic heterocycles. The molecule has 0 saturated heterocycles. The first-order valence-electron chi connectivity index (χ1n) is 6.44. The lowest BCUT2D eigenvalue weighted by Crippen LogP contribution is -2.33. The Morgan fingerprint density at radius 3 is 2.58 bits per heavy atom. The van der Waals surface area contributed by atoms with Gasteiger partial charge in [0.2, 0.25) is 0 Å². The van der Waals surface area contributed by atoms with Gasteiger partial charge in [0.1, 0.15) is 6.33 Å². The summed E-state index contributed by atoms with van der Waals surface area (Å²) in [6.45, 7) is 4.30. The Kier molecular flexibility index (Phi) is 4.59. The molecule has 0 saturated carbocycles. The SMILES string of the molecule is CCC(CO)NC(C)c1ccc(-n2cnnn2)cc1. The van der Waals surface area contributed by atoms with Crippen molar-refractivity contribution < 1.29 is 5.11 Å². The van der Waals surface area contributed by atoms with Crippen molar-refractivity contribution in [2.24, 2.45) is 0 Å². The smallest absolute Gasteiger partial charge is 0.143 e. The third-order valence-corrected chi connectivity index (χ3v) is 3.21. The largest absolute Gasteiger partial charge is 0.395 e. The summed E-state index contributed by atoms with van der Waals surface area (Å²) < 4.78 is 1.62. The van der Waals surface area contributed by atoms with Crippen molar-refractivity contribution in [3.63, 3.8) is 0 Å². The zero-order valence-corrected chi connectivity index (χ0v) is 11.2. The highest BCUT2D eigenvalue weighted by Crippen LogP contribution is 2.16. The average molecular weight is 261 g/mol. The first-order chi connectivity index (χ1) is 9.24. The van der Waals surface area contributed by atoms with Crippen LogP contribution in [-0.4, -0.2) is 38.0 Å². The fraction of sp³-hybridized carbons (Fsp3) is 0.462. The number of aliphatic hydroxyl groups excluding tert-OH is 1. The average Bonchev–Trinajstić information content (AvgIpc) is 2.99. The van der Waals surface area contributed by atoms with E-state index in [0.717, 1.165) is 12.1 Å². The molecule has 0 amide bonds. The Bertz CT molecular complexity index is 478. The monoisotopic (exact) mass is 261 g/mol. The first kappa shape index (κ1) is 13.6. The number of hydrogen-bond donors (Lipinski definition) is 2. The molecule has 102 valence electrons. The van der Waals surface area contributed by atoms with Crippen LogP contribution in [0.15, 0.2) is 30.6 Å². The van der Waals surface area contributed by atoms with Crippen LogP contribution in [0.4, 0.5) is 0 Å². The van der Waals surface area contributed by atoms with Crippen LogP contribution < -0.4 is 5.32 Å². The van der Waals surface area contributed by atoms with E-state index in [9.17, 15) is 5.11 Å². The molecule has 0 fully saturated rings. The van der Waals surface area contributed by atoms with Crippen LogP contribution in [0.3, 0.4) is 0 Å². The van der Waals surface area contributed by atoms with Crippen molar-refractivity contribution >= 4 is 0 Å². The number of aromatic nitrogens is 4. The lowest BCUT2D eigenvalue weighted by atomic mass is 10.1. The van der Waals surface area contributed by atoms with E-state index in [0.29, 0.717) is 0 Å². The quantitative estimate of drug-likeness (QED) is 0.814. The zero-order valence-electron chi connectivity index (χ0n) is 11.2. The Hall–Kier alpha value is -1.79. The molecular formula is C13H19N5O. The minimum absolute atomic E-state index is 0.134. The Balaban J connectivity index is 2.05. The standard InChI is InChI=1S/C13H19N5O/c1-3-12(8-19)15-10(2)11-4-6-13(7-5-11)18-9-14-16-17-18/h4-7,9-10,12,15,19H,3,8H2,1-2H3. The maximum atomic E-state index is 9.20. The van der Waals surface area contributed by atoms with Crippen LogP contribution >= 0.6 is 0 Å². The zero-order chi connectivity index (χ0) is 13.7. The van der Waals surface area contributed by atoms with Gasteiger partial charge in [-0.15, -0.1) is 5.10 Å². The summed E-state index contributed by atoms with van der Waals surface area (Å²) >= 11 is 0. The van der Waals surface area contributed by atoms with Gasteiger partial charge in [-0.1, -0.05) is 19.1 Å². The van der Waals surface area contributed by atoms with Gasteiger partial charge < -0.3 is 10.4 Å². The summed E-state index contributed by atoms with van der Waals surface area (Å²) in [5, 5.41) is 23.7. The maximum Gasteiger partial charge on any atom is 0.143 e. The van der Waals surface area contributed by atoms with Crippen molar-refractivity contribution in [2.75, 3.05) is 6.61 Å². The minimum atomic E-state index is 0.134. The van der Waals surface area contributed by atoms with Crippen LogP contribution in [0.2, 0.25) is 0 Å². The minimum Gasteiger partial charge on any atom is -0.395 e. The third kappa shape index (κ3) is 3.36. The van der Waals surface area contributed by atoms with E-state index in [1.165, 1.54) is 5.56 Å². The van der Waals surface area contributed by atoms with Crippen molar-refractivity contribution in [3.8, 4) is 5.69 Å². The summed E-state index contributed by atoms with van der Waals surface area (Å²) in [5.41, 5.74) is 2.10. The highest BCUT2D eigenvalue weighted by molar-refractivity contribution is 5.34. The summed E-state index contributed by atoms with van der Waals surface area (Å²) in [4.78, 5) is 0. The Morgan fingerprint density at radius 1 is 1.32 bits per heavy atom. The molecule has 0 radical (unpaired) electrons. The normalized spacial score (nSPS) is 14.3. The van der Waals surface area contributed by atoms with E-state index in [1.54, 1.807) is 11.0 Å². The lowest BCUT2D eigenvalue weighted by Gasteiger charge is -2.21. The molecule has 1 aromatic carbocycles. The summed E-state index contributed by atoms with van der Waals surface area (Å²) in [6.07, 6.45) is 2.47. The first-order valence-corrected chi connectivity index (χ1v) is 6.44. The van der Waals surface area contributed by atoms with Gasteiger partial charge in [-0.3, -0.25) is 0 Å². The highest BCUT2D eigenvalue weighted by atomic mass is 16.3. The number of rotatable bonds is 6. The molecule has 0 aliphatic carbocycles. The third-order valence-electron chi connectivity index (χ3n) is 3.21. The van der Waals surface area contributed by atoms with Crippen LogP contribution in [-0.2, 0) is 0 Å². The number of aliphatic hydroxyl groups is 1. The van der Waals surface area contributed by atoms with E-state index in [1.807, 2.05) is 24.3 Å². The molecule has 0 bridgehead atoms. The van der Waals surface area contributed by atoms with Gasteiger partial charge in [-0.25, -0.2) is 4.68 Å². The van der Waals surface area contributed by atoms with Gasteiger partial charge in [0.15, 0.2) is 0 Å². The molecule has 6 nitrogen and oxygen atoms in total. The predicted molar refractivity (Wildman–Crippen MR) is 71.9 cm³/mol. The molecule has 1 heterocycles. The van der Waals surface area contributed by atoms with Gasteiger partial charge >= 0.3 is 0 Å². The lowest BCUT2D eigenvalue weighted by molar-refractivity contribution is 0.230. The van der Waals surface area contributed by atoms with Gasteiger partial charge in [0.05, 0.1) is 12.3 Å². The number of nitrogens with zero attached hydrogens (tertiary/aromatic N) is 4. The van der Waals surface area contributed by atoms with Gasteiger partial charge in [0.25, 0.3) is 0 Å². The molecule has 6 heteroatoms. The van der Waals surface area contributed by atoms with Crippen LogP contribution in [0.1, 0.15) is 31.9 Å². The fourth-order valence-corrected chi connectivity index (χ4v) is 1.94. The predicted octanol–water partition coefficient (Wildman–Crippen LogP) is 1.08. The number of nitrogens with one attached hydrogen (secondary N) is 1. The van der Waals surface area contributed by atoms with E-state index in [2.05, 4.69) is 34.7 Å². The number of tetrazole rings is 1. The maximum absolute atomic E-state index is 9.20. The van der Waals surface area contributed by atoms with Crippen molar-refractivity contribution in [3.05, 3.63) is 36.2 Å². The van der Waals surface area contributed by atoms with E-state index in [4.69, 9.17) is 0 Å². The summed E-state index contributed by atoms with van der Waals surface area (Å²) in [7, 11) is 0. The molecule has 2 rings (SSSR count). The van der Waals surface area contributed by atoms with Gasteiger partial charge in [0, 0.05) is 12.1 Å². The molecule has 19 heavy (non-hydrogen) atoms. The molecule has 2 aromatic rings. The molecule has 2 N–H and O–H groups in total. The molecule has 0 aliphatic rings. The number of hydrogen-bond acceptors (Lipinski definition) is 5. The second kappa shape index (κ2) is 6.40. The van der Waals surface area contributed by atoms with Crippen molar-refractivity contribution in [1.82, 2.24) is 25.5 Å².